The summed E-state index contributed by atoms with van der Waals surface area (Å²) >= 11 is 0. The van der Waals surface area contributed by atoms with Gasteiger partial charge in [0.1, 0.15) is 5.82 Å². The molecule has 1 aliphatic rings. The summed E-state index contributed by atoms with van der Waals surface area (Å²) in [6.07, 6.45) is 6.22. The molecule has 1 saturated heterocycles. The van der Waals surface area contributed by atoms with E-state index < -0.39 is 41.0 Å². The summed E-state index contributed by atoms with van der Waals surface area (Å²) in [6.45, 7) is 0.572. The lowest BCUT2D eigenvalue weighted by Gasteiger charge is -2.27. The van der Waals surface area contributed by atoms with Crippen LogP contribution in [-0.4, -0.2) is 66.6 Å². The number of rotatable bonds is 5. The number of amides is 1. The lowest BCUT2D eigenvalue weighted by molar-refractivity contribution is 0.0299. The largest absolute Gasteiger partial charge is 0.378 e. The predicted molar refractivity (Wildman–Crippen MR) is 114 cm³/mol. The number of aryl methyl sites for hydroxylation is 1. The van der Waals surface area contributed by atoms with Crippen molar-refractivity contribution in [2.24, 2.45) is 7.05 Å². The maximum Gasteiger partial charge on any atom is 0.257 e. The van der Waals surface area contributed by atoms with Crippen LogP contribution in [0.4, 0.5) is 24.8 Å². The van der Waals surface area contributed by atoms with Crippen LogP contribution in [0.5, 0.6) is 0 Å². The number of nitrogens with zero attached hydrogens (tertiary/aromatic N) is 7. The van der Waals surface area contributed by atoms with Crippen LogP contribution >= 0.6 is 0 Å². The van der Waals surface area contributed by atoms with Crippen molar-refractivity contribution in [3.8, 4) is 0 Å². The minimum absolute atomic E-state index is 0.214. The van der Waals surface area contributed by atoms with Crippen LogP contribution in [0.3, 0.4) is 0 Å². The standard InChI is InChI=1S/C21H19F3N8O2/c1-30-10-13(9-26-30)28-21-25-7-12-8-27-32(19(12)29-21)11-15-17(23)14(6-16(22)18(15)24)20(33)31-2-4-34-5-3-31/h6-10H,2-5,11H2,1H3,(H,25,28,29). The molecule has 1 aliphatic heterocycles. The van der Waals surface area contributed by atoms with Gasteiger partial charge in [-0.2, -0.15) is 15.2 Å². The Labute approximate surface area is 191 Å². The normalized spacial score (nSPS) is 14.1. The van der Waals surface area contributed by atoms with Crippen molar-refractivity contribution in [1.29, 1.82) is 0 Å². The van der Waals surface area contributed by atoms with Crippen molar-refractivity contribution in [2.75, 3.05) is 31.6 Å². The van der Waals surface area contributed by atoms with E-state index in [1.807, 2.05) is 0 Å². The zero-order chi connectivity index (χ0) is 23.8. The van der Waals surface area contributed by atoms with Crippen molar-refractivity contribution in [3.63, 3.8) is 0 Å². The first-order chi connectivity index (χ1) is 16.4. The molecule has 0 spiro atoms. The maximum absolute atomic E-state index is 15.3. The van der Waals surface area contributed by atoms with E-state index >= 15 is 4.39 Å². The number of hydrogen-bond donors (Lipinski definition) is 1. The second-order valence-electron chi connectivity index (χ2n) is 7.72. The number of morpholine rings is 1. The average molecular weight is 472 g/mol. The molecule has 0 aliphatic carbocycles. The van der Waals surface area contributed by atoms with Gasteiger partial charge in [0.05, 0.1) is 48.8 Å². The molecule has 10 nitrogen and oxygen atoms in total. The molecule has 3 aromatic heterocycles. The molecule has 0 unspecified atom stereocenters. The van der Waals surface area contributed by atoms with E-state index in [4.69, 9.17) is 4.74 Å². The molecule has 34 heavy (non-hydrogen) atoms. The van der Waals surface area contributed by atoms with Gasteiger partial charge in [0.25, 0.3) is 5.91 Å². The number of ether oxygens (including phenoxy) is 1. The van der Waals surface area contributed by atoms with E-state index in [9.17, 15) is 13.6 Å². The number of aromatic nitrogens is 6. The van der Waals surface area contributed by atoms with Gasteiger partial charge in [-0.3, -0.25) is 9.48 Å². The molecular formula is C21H19F3N8O2. The van der Waals surface area contributed by atoms with Gasteiger partial charge in [-0.1, -0.05) is 0 Å². The molecule has 1 N–H and O–H groups in total. The summed E-state index contributed by atoms with van der Waals surface area (Å²) < 4.78 is 52.3. The summed E-state index contributed by atoms with van der Waals surface area (Å²) in [4.78, 5) is 22.6. The molecule has 1 aromatic carbocycles. The Morgan fingerprint density at radius 3 is 2.65 bits per heavy atom. The third-order valence-corrected chi connectivity index (χ3v) is 5.42. The minimum atomic E-state index is -1.39. The average Bonchev–Trinajstić information content (AvgIpc) is 3.44. The van der Waals surface area contributed by atoms with Crippen molar-refractivity contribution in [1.82, 2.24) is 34.4 Å². The van der Waals surface area contributed by atoms with E-state index in [0.29, 0.717) is 17.1 Å². The van der Waals surface area contributed by atoms with Crippen LogP contribution in [0, 0.1) is 17.5 Å². The molecule has 0 bridgehead atoms. The molecule has 4 aromatic rings. The highest BCUT2D eigenvalue weighted by Crippen LogP contribution is 2.24. The number of halogens is 3. The van der Waals surface area contributed by atoms with Crippen molar-refractivity contribution < 1.29 is 22.7 Å². The molecular weight excluding hydrogens is 453 g/mol. The first-order valence-electron chi connectivity index (χ1n) is 10.4. The number of carbonyl (C=O) groups is 1. The smallest absolute Gasteiger partial charge is 0.257 e. The Balaban J connectivity index is 1.48. The van der Waals surface area contributed by atoms with Crippen molar-refractivity contribution in [3.05, 3.63) is 59.4 Å². The number of fused-ring (bicyclic) bond motifs is 1. The zero-order valence-electron chi connectivity index (χ0n) is 18.0. The molecule has 1 fully saturated rings. The number of benzene rings is 1. The second-order valence-corrected chi connectivity index (χ2v) is 7.72. The van der Waals surface area contributed by atoms with Gasteiger partial charge in [0.2, 0.25) is 5.95 Å². The number of nitrogens with one attached hydrogen (secondary N) is 1. The summed E-state index contributed by atoms with van der Waals surface area (Å²) in [5.41, 5.74) is -0.255. The number of hydrogen-bond acceptors (Lipinski definition) is 7. The molecule has 13 heteroatoms. The van der Waals surface area contributed by atoms with E-state index in [2.05, 4.69) is 25.5 Å². The monoisotopic (exact) mass is 472 g/mol. The highest BCUT2D eigenvalue weighted by Gasteiger charge is 2.27. The molecule has 4 heterocycles. The summed E-state index contributed by atoms with van der Waals surface area (Å²) in [5, 5.41) is 11.7. The van der Waals surface area contributed by atoms with Crippen LogP contribution in [0.25, 0.3) is 11.0 Å². The number of carbonyl (C=O) groups excluding carboxylic acids is 1. The fourth-order valence-corrected chi connectivity index (χ4v) is 3.69. The fraction of sp³-hybridized carbons (Fsp3) is 0.286. The number of anilines is 2. The summed E-state index contributed by atoms with van der Waals surface area (Å²) in [6, 6.07) is 0.589. The van der Waals surface area contributed by atoms with Crippen LogP contribution in [0.1, 0.15) is 15.9 Å². The van der Waals surface area contributed by atoms with E-state index in [0.717, 1.165) is 0 Å². The molecule has 0 atom stereocenters. The second kappa shape index (κ2) is 8.74. The SMILES string of the molecule is Cn1cc(Nc2ncc3cnn(Cc4c(F)c(F)cc(C(=O)N5CCOCC5)c4F)c3n2)cn1. The fourth-order valence-electron chi connectivity index (χ4n) is 3.69. The van der Waals surface area contributed by atoms with Crippen LogP contribution < -0.4 is 5.32 Å². The van der Waals surface area contributed by atoms with Gasteiger partial charge >= 0.3 is 0 Å². The Kier molecular flexibility index (Phi) is 5.61. The molecule has 5 rings (SSSR count). The minimum Gasteiger partial charge on any atom is -0.378 e. The van der Waals surface area contributed by atoms with Gasteiger partial charge in [-0.05, 0) is 6.07 Å². The summed E-state index contributed by atoms with van der Waals surface area (Å²) in [7, 11) is 1.75. The Morgan fingerprint density at radius 2 is 1.91 bits per heavy atom. The summed E-state index contributed by atoms with van der Waals surface area (Å²) in [5.74, 6) is -4.36. The first kappa shape index (κ1) is 21.8. The van der Waals surface area contributed by atoms with Gasteiger partial charge in [0.15, 0.2) is 17.3 Å². The lowest BCUT2D eigenvalue weighted by Crippen LogP contribution is -2.41. The third-order valence-electron chi connectivity index (χ3n) is 5.42. The van der Waals surface area contributed by atoms with Crippen molar-refractivity contribution >= 4 is 28.6 Å². The van der Waals surface area contributed by atoms with Gasteiger partial charge in [-0.25, -0.2) is 22.8 Å². The quantitative estimate of drug-likeness (QED) is 0.445. The van der Waals surface area contributed by atoms with Gasteiger partial charge < -0.3 is 15.0 Å². The maximum atomic E-state index is 15.3. The van der Waals surface area contributed by atoms with E-state index in [1.165, 1.54) is 22.0 Å². The van der Waals surface area contributed by atoms with Crippen molar-refractivity contribution in [2.45, 2.75) is 6.54 Å². The van der Waals surface area contributed by atoms with Gasteiger partial charge in [0, 0.05) is 38.1 Å². The highest BCUT2D eigenvalue weighted by atomic mass is 19.2. The van der Waals surface area contributed by atoms with Crippen LogP contribution in [-0.2, 0) is 18.3 Å². The zero-order valence-corrected chi connectivity index (χ0v) is 18.0. The van der Waals surface area contributed by atoms with Crippen LogP contribution in [0.15, 0.2) is 30.9 Å². The van der Waals surface area contributed by atoms with E-state index in [-0.39, 0.29) is 37.9 Å². The van der Waals surface area contributed by atoms with Crippen LogP contribution in [0.2, 0.25) is 0 Å². The molecule has 0 saturated carbocycles. The third kappa shape index (κ3) is 4.05. The Bertz CT molecular complexity index is 1380. The molecule has 176 valence electrons. The first-order valence-corrected chi connectivity index (χ1v) is 10.4. The Morgan fingerprint density at radius 1 is 1.12 bits per heavy atom. The topological polar surface area (TPSA) is 103 Å². The lowest BCUT2D eigenvalue weighted by atomic mass is 10.1. The predicted octanol–water partition coefficient (Wildman–Crippen LogP) is 2.24. The van der Waals surface area contributed by atoms with Gasteiger partial charge in [-0.15, -0.1) is 0 Å². The molecule has 1 amide bonds. The molecule has 0 radical (unpaired) electrons. The Hall–Kier alpha value is -4.00. The van der Waals surface area contributed by atoms with E-state index in [1.54, 1.807) is 24.1 Å². The highest BCUT2D eigenvalue weighted by molar-refractivity contribution is 5.95.